The van der Waals surface area contributed by atoms with E-state index in [1.165, 1.54) is 16.3 Å². The molecule has 0 aromatic heterocycles. The molecule has 3 aromatic rings. The van der Waals surface area contributed by atoms with E-state index in [9.17, 15) is 5.11 Å². The van der Waals surface area contributed by atoms with Gasteiger partial charge in [-0.2, -0.15) is 5.10 Å². The summed E-state index contributed by atoms with van der Waals surface area (Å²) >= 11 is 6.80. The van der Waals surface area contributed by atoms with Crippen LogP contribution in [0.15, 0.2) is 68.6 Å². The summed E-state index contributed by atoms with van der Waals surface area (Å²) < 4.78 is 1.56. The van der Waals surface area contributed by atoms with Crippen LogP contribution in [0.3, 0.4) is 0 Å². The van der Waals surface area contributed by atoms with Crippen molar-refractivity contribution in [2.75, 3.05) is 26.2 Å². The molecule has 0 aliphatic carbocycles. The molecular formula is C22H21Br2N3O. The molecule has 0 bridgehead atoms. The van der Waals surface area contributed by atoms with Gasteiger partial charge >= 0.3 is 0 Å². The molecular weight excluding hydrogens is 482 g/mol. The number of phenols is 1. The molecule has 1 N–H and O–H groups in total. The van der Waals surface area contributed by atoms with E-state index in [0.29, 0.717) is 10.0 Å². The molecule has 0 atom stereocenters. The fourth-order valence-corrected chi connectivity index (χ4v) is 4.77. The van der Waals surface area contributed by atoms with E-state index in [0.717, 1.165) is 37.2 Å². The number of phenolic OH excluding ortho intramolecular Hbond substituents is 1. The van der Waals surface area contributed by atoms with Gasteiger partial charge in [0.25, 0.3) is 0 Å². The van der Waals surface area contributed by atoms with Crippen LogP contribution in [0.4, 0.5) is 0 Å². The number of hydrogen-bond acceptors (Lipinski definition) is 4. The third-order valence-electron chi connectivity index (χ3n) is 5.04. The molecule has 1 fully saturated rings. The average Bonchev–Trinajstić information content (AvgIpc) is 2.71. The van der Waals surface area contributed by atoms with E-state index < -0.39 is 0 Å². The highest BCUT2D eigenvalue weighted by Crippen LogP contribution is 2.30. The summed E-state index contributed by atoms with van der Waals surface area (Å²) in [5, 5.41) is 19.4. The maximum atomic E-state index is 10.2. The Hall–Kier alpha value is -1.89. The minimum absolute atomic E-state index is 0.210. The molecule has 28 heavy (non-hydrogen) atoms. The minimum Gasteiger partial charge on any atom is -0.506 e. The molecule has 6 heteroatoms. The lowest BCUT2D eigenvalue weighted by molar-refractivity contribution is 0.131. The molecule has 0 unspecified atom stereocenters. The summed E-state index contributed by atoms with van der Waals surface area (Å²) in [6, 6.07) is 18.8. The molecule has 0 spiro atoms. The lowest BCUT2D eigenvalue weighted by Crippen LogP contribution is -2.43. The highest BCUT2D eigenvalue weighted by molar-refractivity contribution is 9.11. The number of hydrazone groups is 1. The van der Waals surface area contributed by atoms with Crippen LogP contribution < -0.4 is 0 Å². The minimum atomic E-state index is 0.210. The Labute approximate surface area is 181 Å². The molecule has 1 heterocycles. The Kier molecular flexibility index (Phi) is 5.99. The van der Waals surface area contributed by atoms with Crippen LogP contribution in [0.2, 0.25) is 0 Å². The largest absolute Gasteiger partial charge is 0.506 e. The average molecular weight is 503 g/mol. The third-order valence-corrected chi connectivity index (χ3v) is 6.10. The number of hydrogen-bond donors (Lipinski definition) is 1. The topological polar surface area (TPSA) is 39.1 Å². The molecule has 0 saturated carbocycles. The van der Waals surface area contributed by atoms with Crippen LogP contribution in [-0.4, -0.2) is 47.4 Å². The van der Waals surface area contributed by atoms with Crippen molar-refractivity contribution in [3.63, 3.8) is 0 Å². The van der Waals surface area contributed by atoms with Crippen LogP contribution in [0.25, 0.3) is 10.8 Å². The van der Waals surface area contributed by atoms with E-state index in [2.05, 4.69) is 89.3 Å². The van der Waals surface area contributed by atoms with Gasteiger partial charge in [-0.15, -0.1) is 0 Å². The molecule has 144 valence electrons. The first-order chi connectivity index (χ1) is 13.6. The molecule has 1 saturated heterocycles. The number of piperazine rings is 1. The molecule has 4 nitrogen and oxygen atoms in total. The Morgan fingerprint density at radius 1 is 0.964 bits per heavy atom. The van der Waals surface area contributed by atoms with Crippen molar-refractivity contribution in [1.29, 1.82) is 0 Å². The van der Waals surface area contributed by atoms with Crippen LogP contribution in [-0.2, 0) is 6.54 Å². The number of halogens is 2. The second-order valence-electron chi connectivity index (χ2n) is 6.94. The monoisotopic (exact) mass is 501 g/mol. The fourth-order valence-electron chi connectivity index (χ4n) is 3.51. The Balaban J connectivity index is 1.38. The van der Waals surface area contributed by atoms with E-state index in [-0.39, 0.29) is 5.75 Å². The first-order valence-corrected chi connectivity index (χ1v) is 10.8. The van der Waals surface area contributed by atoms with Crippen LogP contribution >= 0.6 is 31.9 Å². The van der Waals surface area contributed by atoms with Crippen molar-refractivity contribution >= 4 is 48.8 Å². The molecule has 3 aromatic carbocycles. The van der Waals surface area contributed by atoms with Crippen molar-refractivity contribution in [2.45, 2.75) is 6.54 Å². The first-order valence-electron chi connectivity index (χ1n) is 9.26. The Morgan fingerprint density at radius 2 is 1.71 bits per heavy atom. The summed E-state index contributed by atoms with van der Waals surface area (Å²) in [6.45, 7) is 4.64. The predicted molar refractivity (Wildman–Crippen MR) is 122 cm³/mol. The second kappa shape index (κ2) is 8.64. The van der Waals surface area contributed by atoms with Gasteiger partial charge in [0.05, 0.1) is 10.7 Å². The zero-order valence-corrected chi connectivity index (χ0v) is 18.5. The smallest absolute Gasteiger partial charge is 0.138 e. The number of nitrogens with zero attached hydrogens (tertiary/aromatic N) is 3. The molecule has 0 amide bonds. The molecule has 0 radical (unpaired) electrons. The summed E-state index contributed by atoms with van der Waals surface area (Å²) in [5.41, 5.74) is 2.07. The van der Waals surface area contributed by atoms with Gasteiger partial charge in [-0.1, -0.05) is 58.4 Å². The number of rotatable bonds is 4. The van der Waals surface area contributed by atoms with E-state index >= 15 is 0 Å². The highest BCUT2D eigenvalue weighted by Gasteiger charge is 2.16. The van der Waals surface area contributed by atoms with Gasteiger partial charge in [-0.05, 0) is 44.4 Å². The maximum Gasteiger partial charge on any atom is 0.138 e. The summed E-state index contributed by atoms with van der Waals surface area (Å²) in [6.07, 6.45) is 1.73. The molecule has 4 rings (SSSR count). The lowest BCUT2D eigenvalue weighted by Gasteiger charge is -2.33. The van der Waals surface area contributed by atoms with Crippen LogP contribution in [0.1, 0.15) is 11.1 Å². The highest BCUT2D eigenvalue weighted by atomic mass is 79.9. The normalized spacial score (nSPS) is 15.6. The van der Waals surface area contributed by atoms with E-state index in [1.54, 1.807) is 6.21 Å². The first kappa shape index (κ1) is 19.4. The summed E-state index contributed by atoms with van der Waals surface area (Å²) in [7, 11) is 0. The van der Waals surface area contributed by atoms with E-state index in [1.807, 2.05) is 12.1 Å². The second-order valence-corrected chi connectivity index (χ2v) is 8.71. The van der Waals surface area contributed by atoms with Gasteiger partial charge < -0.3 is 5.11 Å². The fraction of sp³-hybridized carbons (Fsp3) is 0.227. The van der Waals surface area contributed by atoms with Crippen molar-refractivity contribution in [2.24, 2.45) is 5.10 Å². The zero-order chi connectivity index (χ0) is 19.5. The standard InChI is InChI=1S/C22H21Br2N3O/c23-19-12-18(22(28)21(24)13-19)14-25-27-10-8-26(9-11-27)15-17-6-3-5-16-4-1-2-7-20(16)17/h1-7,12-14,28H,8-11,15H2/b25-14+. The quantitative estimate of drug-likeness (QED) is 0.497. The predicted octanol–water partition coefficient (Wildman–Crippen LogP) is 5.22. The van der Waals surface area contributed by atoms with Gasteiger partial charge in [-0.3, -0.25) is 9.91 Å². The summed E-state index contributed by atoms with van der Waals surface area (Å²) in [4.78, 5) is 2.47. The maximum absolute atomic E-state index is 10.2. The van der Waals surface area contributed by atoms with Crippen LogP contribution in [0.5, 0.6) is 5.75 Å². The van der Waals surface area contributed by atoms with Gasteiger partial charge in [0.1, 0.15) is 5.75 Å². The van der Waals surface area contributed by atoms with E-state index in [4.69, 9.17) is 0 Å². The number of benzene rings is 3. The number of fused-ring (bicyclic) bond motifs is 1. The molecule has 1 aliphatic heterocycles. The van der Waals surface area contributed by atoms with Gasteiger partial charge in [0.2, 0.25) is 0 Å². The van der Waals surface area contributed by atoms with Crippen LogP contribution in [0, 0.1) is 0 Å². The van der Waals surface area contributed by atoms with Gasteiger partial charge in [0.15, 0.2) is 0 Å². The zero-order valence-electron chi connectivity index (χ0n) is 15.4. The third kappa shape index (κ3) is 4.40. The summed E-state index contributed by atoms with van der Waals surface area (Å²) in [5.74, 6) is 0.210. The van der Waals surface area contributed by atoms with Gasteiger partial charge in [-0.25, -0.2) is 0 Å². The van der Waals surface area contributed by atoms with Crippen molar-refractivity contribution in [3.05, 3.63) is 74.7 Å². The van der Waals surface area contributed by atoms with Crippen molar-refractivity contribution in [3.8, 4) is 5.75 Å². The SMILES string of the molecule is Oc1c(Br)cc(Br)cc1/C=N/N1CCN(Cc2cccc3ccccc23)CC1. The van der Waals surface area contributed by atoms with Crippen molar-refractivity contribution in [1.82, 2.24) is 9.91 Å². The molecule has 1 aliphatic rings. The van der Waals surface area contributed by atoms with Gasteiger partial charge in [0, 0.05) is 42.8 Å². The Bertz CT molecular complexity index is 1010. The lowest BCUT2D eigenvalue weighted by atomic mass is 10.0. The number of aromatic hydroxyl groups is 1. The van der Waals surface area contributed by atoms with Crippen molar-refractivity contribution < 1.29 is 5.11 Å². The Morgan fingerprint density at radius 3 is 2.54 bits per heavy atom.